The van der Waals surface area contributed by atoms with Crippen LogP contribution in [0.15, 0.2) is 58.8 Å². The molecule has 340 valence electrons. The van der Waals surface area contributed by atoms with Crippen LogP contribution >= 0.6 is 43.2 Å². The summed E-state index contributed by atoms with van der Waals surface area (Å²) in [6.45, 7) is 4.15. The van der Waals surface area contributed by atoms with Gasteiger partial charge in [0.15, 0.2) is 0 Å². The zero-order valence-corrected chi connectivity index (χ0v) is 38.9. The first-order valence-corrected chi connectivity index (χ1v) is 26.0. The molecule has 2 rings (SSSR count). The zero-order valence-electron chi connectivity index (χ0n) is 35.6. The molecular formula is C42H66N8O7S4. The van der Waals surface area contributed by atoms with Crippen molar-refractivity contribution >= 4 is 78.6 Å². The lowest BCUT2D eigenvalue weighted by Gasteiger charge is -2.23. The summed E-state index contributed by atoms with van der Waals surface area (Å²) in [6.07, 6.45) is 13.6. The summed E-state index contributed by atoms with van der Waals surface area (Å²) < 4.78 is 5.41. The van der Waals surface area contributed by atoms with Crippen LogP contribution in [0.1, 0.15) is 96.8 Å². The zero-order chi connectivity index (χ0) is 44.0. The van der Waals surface area contributed by atoms with E-state index in [1.807, 2.05) is 36.4 Å². The molecule has 0 unspecified atom stereocenters. The smallest absolute Gasteiger partial charge is 0.248 e. The molecule has 0 radical (unpaired) electrons. The number of amides is 6. The highest BCUT2D eigenvalue weighted by atomic mass is 33.1. The van der Waals surface area contributed by atoms with Gasteiger partial charge in [-0.05, 0) is 78.0 Å². The highest BCUT2D eigenvalue weighted by Crippen LogP contribution is 2.30. The summed E-state index contributed by atoms with van der Waals surface area (Å²) >= 11 is 0. The first-order chi connectivity index (χ1) is 29.8. The van der Waals surface area contributed by atoms with E-state index in [9.17, 15) is 28.8 Å². The van der Waals surface area contributed by atoms with Crippen LogP contribution in [0.3, 0.4) is 0 Å². The Morgan fingerprint density at radius 3 is 1.43 bits per heavy atom. The van der Waals surface area contributed by atoms with Gasteiger partial charge in [0.05, 0.1) is 0 Å². The lowest BCUT2D eigenvalue weighted by atomic mass is 10.2. The molecule has 0 spiro atoms. The number of ether oxygens (including phenoxy) is 1. The summed E-state index contributed by atoms with van der Waals surface area (Å²) in [5, 5.41) is 16.2. The summed E-state index contributed by atoms with van der Waals surface area (Å²) in [4.78, 5) is 84.5. The second-order valence-electron chi connectivity index (χ2n) is 14.0. The van der Waals surface area contributed by atoms with Crippen molar-refractivity contribution in [3.8, 4) is 0 Å². The number of carbonyl (C=O) groups excluding carboxylic acids is 6. The van der Waals surface area contributed by atoms with Crippen molar-refractivity contribution in [3.05, 3.63) is 48.8 Å². The Morgan fingerprint density at radius 2 is 0.967 bits per heavy atom. The maximum atomic E-state index is 13.1. The van der Waals surface area contributed by atoms with Crippen LogP contribution in [-0.4, -0.2) is 121 Å². The minimum atomic E-state index is -0.348. The third-order valence-corrected chi connectivity index (χ3v) is 13.3. The molecule has 0 aliphatic carbocycles. The third-order valence-electron chi connectivity index (χ3n) is 8.77. The van der Waals surface area contributed by atoms with Crippen LogP contribution < -0.4 is 26.6 Å². The van der Waals surface area contributed by atoms with Crippen LogP contribution in [0.2, 0.25) is 0 Å². The fourth-order valence-electron chi connectivity index (χ4n) is 5.42. The van der Waals surface area contributed by atoms with E-state index in [4.69, 9.17) is 4.74 Å². The monoisotopic (exact) mass is 922 g/mol. The van der Waals surface area contributed by atoms with Crippen LogP contribution in [0.4, 0.5) is 0 Å². The van der Waals surface area contributed by atoms with Gasteiger partial charge in [-0.25, -0.2) is 9.97 Å². The summed E-state index contributed by atoms with van der Waals surface area (Å²) in [6, 6.07) is 11.5. The second-order valence-corrected chi connectivity index (χ2v) is 18.8. The fourth-order valence-corrected chi connectivity index (χ4v) is 9.16. The Morgan fingerprint density at radius 1 is 0.525 bits per heavy atom. The SMILES string of the molecule is CCCCCCNC(=O)COCC(=O)N(CCNC(=O)CCCCCNC(=O)CCSSc1ccccn1)CCNC(=O)CCCCCNC(=O)CCSSc1ccccn1. The van der Waals surface area contributed by atoms with Crippen molar-refractivity contribution in [3.63, 3.8) is 0 Å². The number of aromatic nitrogens is 2. The van der Waals surface area contributed by atoms with Gasteiger partial charge in [0.1, 0.15) is 23.3 Å². The first-order valence-electron chi connectivity index (χ1n) is 21.4. The molecule has 0 aliphatic rings. The average molecular weight is 923 g/mol. The second kappa shape index (κ2) is 37.1. The van der Waals surface area contributed by atoms with Gasteiger partial charge in [0, 0.05) is 95.4 Å². The number of unbranched alkanes of at least 4 members (excludes halogenated alkanes) is 7. The topological polar surface area (TPSA) is 201 Å². The maximum absolute atomic E-state index is 13.1. The van der Waals surface area contributed by atoms with Gasteiger partial charge in [0.25, 0.3) is 0 Å². The normalized spacial score (nSPS) is 10.8. The summed E-state index contributed by atoms with van der Waals surface area (Å²) in [7, 11) is 6.29. The van der Waals surface area contributed by atoms with Crippen molar-refractivity contribution in [2.24, 2.45) is 0 Å². The number of hydrogen-bond donors (Lipinski definition) is 5. The van der Waals surface area contributed by atoms with E-state index >= 15 is 0 Å². The minimum absolute atomic E-state index is 0.00429. The molecule has 0 saturated carbocycles. The molecule has 5 N–H and O–H groups in total. The Balaban J connectivity index is 1.60. The fraction of sp³-hybridized carbons (Fsp3) is 0.619. The molecule has 6 amide bonds. The Kier molecular flexibility index (Phi) is 32.6. The molecule has 0 fully saturated rings. The molecule has 15 nitrogen and oxygen atoms in total. The van der Waals surface area contributed by atoms with Crippen LogP contribution in [0.25, 0.3) is 0 Å². The molecule has 2 heterocycles. The standard InChI is InChI=1S/C42H66N8O7S4/c1-2-3-4-11-24-45-39(55)33-57-34-42(56)50(29-27-46-35(51)16-7-5-12-22-43-37(53)20-31-58-60-40-18-9-14-25-48-40)30-28-47-36(52)17-8-6-13-23-44-38(54)21-32-59-61-41-19-10-15-26-49-41/h9-10,14-15,18-19,25-26H,2-8,11-13,16-17,20-24,27-34H2,1H3,(H,43,53)(H,44,54)(H,45,55)(H,46,51)(H,47,52). The van der Waals surface area contributed by atoms with E-state index in [1.54, 1.807) is 55.6 Å². The molecule has 0 aliphatic heterocycles. The van der Waals surface area contributed by atoms with E-state index in [1.165, 1.54) is 4.90 Å². The lowest BCUT2D eigenvalue weighted by Crippen LogP contribution is -2.44. The highest BCUT2D eigenvalue weighted by molar-refractivity contribution is 8.77. The van der Waals surface area contributed by atoms with E-state index in [0.717, 1.165) is 61.4 Å². The predicted molar refractivity (Wildman–Crippen MR) is 248 cm³/mol. The van der Waals surface area contributed by atoms with Gasteiger partial charge in [-0.2, -0.15) is 0 Å². The Hall–Kier alpha value is -3.52. The molecule has 0 bridgehead atoms. The quantitative estimate of drug-likeness (QED) is 0.0417. The van der Waals surface area contributed by atoms with Gasteiger partial charge >= 0.3 is 0 Å². The molecular weight excluding hydrogens is 857 g/mol. The van der Waals surface area contributed by atoms with Gasteiger partial charge in [-0.1, -0.05) is 72.7 Å². The number of hydrogen-bond acceptors (Lipinski definition) is 13. The van der Waals surface area contributed by atoms with E-state index in [-0.39, 0.29) is 74.8 Å². The molecule has 0 saturated heterocycles. The third kappa shape index (κ3) is 31.0. The number of nitrogens with one attached hydrogen (secondary N) is 5. The lowest BCUT2D eigenvalue weighted by molar-refractivity contribution is -0.139. The van der Waals surface area contributed by atoms with Gasteiger partial charge < -0.3 is 36.2 Å². The van der Waals surface area contributed by atoms with E-state index in [2.05, 4.69) is 43.5 Å². The largest absolute Gasteiger partial charge is 0.362 e. The molecule has 2 aromatic heterocycles. The van der Waals surface area contributed by atoms with Crippen molar-refractivity contribution < 1.29 is 33.5 Å². The summed E-state index contributed by atoms with van der Waals surface area (Å²) in [5.74, 6) is 0.494. The van der Waals surface area contributed by atoms with Gasteiger partial charge in [-0.15, -0.1) is 0 Å². The molecule has 2 aromatic rings. The Bertz CT molecular complexity index is 1430. The molecule has 61 heavy (non-hydrogen) atoms. The number of pyridine rings is 2. The number of rotatable bonds is 37. The molecule has 0 atom stereocenters. The van der Waals surface area contributed by atoms with E-state index < -0.39 is 0 Å². The Labute approximate surface area is 377 Å². The van der Waals surface area contributed by atoms with Crippen molar-refractivity contribution in [2.45, 2.75) is 107 Å². The van der Waals surface area contributed by atoms with Crippen LogP contribution in [0.5, 0.6) is 0 Å². The maximum Gasteiger partial charge on any atom is 0.248 e. The van der Waals surface area contributed by atoms with Crippen molar-refractivity contribution in [2.75, 3.05) is 70.5 Å². The van der Waals surface area contributed by atoms with Crippen molar-refractivity contribution in [1.82, 2.24) is 41.5 Å². The van der Waals surface area contributed by atoms with Crippen LogP contribution in [-0.2, 0) is 33.5 Å². The van der Waals surface area contributed by atoms with Gasteiger partial charge in [0.2, 0.25) is 35.4 Å². The predicted octanol–water partition coefficient (Wildman–Crippen LogP) is 5.56. The molecule has 19 heteroatoms. The minimum Gasteiger partial charge on any atom is -0.362 e. The first kappa shape index (κ1) is 53.6. The van der Waals surface area contributed by atoms with Crippen molar-refractivity contribution in [1.29, 1.82) is 0 Å². The van der Waals surface area contributed by atoms with Gasteiger partial charge in [-0.3, -0.25) is 28.8 Å². The molecule has 0 aromatic carbocycles. The van der Waals surface area contributed by atoms with Crippen LogP contribution in [0, 0.1) is 0 Å². The van der Waals surface area contributed by atoms with E-state index in [0.29, 0.717) is 69.7 Å². The number of nitrogens with zero attached hydrogens (tertiary/aromatic N) is 3. The number of carbonyl (C=O) groups is 6. The highest BCUT2D eigenvalue weighted by Gasteiger charge is 2.16. The average Bonchev–Trinajstić information content (AvgIpc) is 3.26. The summed E-state index contributed by atoms with van der Waals surface area (Å²) in [5.41, 5.74) is 0.